The Labute approximate surface area is 194 Å². The minimum absolute atomic E-state index is 0.0984. The van der Waals surface area contributed by atoms with Crippen molar-refractivity contribution in [1.29, 1.82) is 5.26 Å². The lowest BCUT2D eigenvalue weighted by molar-refractivity contribution is -0.165. The van der Waals surface area contributed by atoms with E-state index >= 15 is 0 Å². The molecule has 0 bridgehead atoms. The number of likely N-dealkylation sites (N-methyl/N-ethyl adjacent to an activating group) is 1. The molecular weight excluding hydrogens is 428 g/mol. The van der Waals surface area contributed by atoms with Crippen molar-refractivity contribution in [2.75, 3.05) is 26.8 Å². The average molecular weight is 463 g/mol. The van der Waals surface area contributed by atoms with Gasteiger partial charge in [-0.2, -0.15) is 5.26 Å². The highest BCUT2D eigenvalue weighted by molar-refractivity contribution is 5.90. The van der Waals surface area contributed by atoms with Crippen molar-refractivity contribution in [3.63, 3.8) is 0 Å². The summed E-state index contributed by atoms with van der Waals surface area (Å²) in [6.07, 6.45) is 3.05. The molecule has 33 heavy (non-hydrogen) atoms. The van der Waals surface area contributed by atoms with Crippen LogP contribution in [0.5, 0.6) is 0 Å². The van der Waals surface area contributed by atoms with Crippen LogP contribution >= 0.6 is 0 Å². The summed E-state index contributed by atoms with van der Waals surface area (Å²) in [5.41, 5.74) is 0.158. The predicted octanol–water partition coefficient (Wildman–Crippen LogP) is 0.553. The summed E-state index contributed by atoms with van der Waals surface area (Å²) in [5, 5.41) is 30.1. The number of ether oxygens (including phenoxy) is 2. The van der Waals surface area contributed by atoms with Crippen LogP contribution in [0.25, 0.3) is 0 Å². The van der Waals surface area contributed by atoms with Crippen molar-refractivity contribution < 1.29 is 24.2 Å². The molecule has 3 heterocycles. The van der Waals surface area contributed by atoms with Gasteiger partial charge < -0.3 is 24.8 Å². The standard InChI is InChI=1S/C22H34N6O5/c1-21(2,3)18(20(31)27-14-16(29)12-17(27)19(30)24-4)28-13-15(25-26-28)6-8-22(7-5-9-23)32-10-11-33-22/h13,16-18,29H,5-8,10-12,14H2,1-4H3,(H,24,30)/t16?,17-,18?/m1/s1. The molecule has 2 aliphatic heterocycles. The Morgan fingerprint density at radius 1 is 1.36 bits per heavy atom. The Balaban J connectivity index is 1.77. The Bertz CT molecular complexity index is 883. The minimum Gasteiger partial charge on any atom is -0.391 e. The highest BCUT2D eigenvalue weighted by Crippen LogP contribution is 2.35. The van der Waals surface area contributed by atoms with Gasteiger partial charge in [0.15, 0.2) is 5.79 Å². The highest BCUT2D eigenvalue weighted by atomic mass is 16.7. The molecule has 3 atom stereocenters. The number of carbonyl (C=O) groups excluding carboxylic acids is 2. The first-order chi connectivity index (χ1) is 15.6. The molecule has 11 nitrogen and oxygen atoms in total. The number of β-amino-alcohol motifs (C(OH)–C–C–N with tert-alkyl or cyclic N) is 1. The number of hydrogen-bond donors (Lipinski definition) is 2. The third-order valence-electron chi connectivity index (χ3n) is 6.18. The van der Waals surface area contributed by atoms with Gasteiger partial charge in [0, 0.05) is 45.5 Å². The second-order valence-corrected chi connectivity index (χ2v) is 9.73. The van der Waals surface area contributed by atoms with Crippen LogP contribution < -0.4 is 5.32 Å². The van der Waals surface area contributed by atoms with Gasteiger partial charge in [0.1, 0.15) is 12.1 Å². The van der Waals surface area contributed by atoms with Gasteiger partial charge in [0.05, 0.1) is 31.1 Å². The van der Waals surface area contributed by atoms with E-state index in [1.807, 2.05) is 20.8 Å². The van der Waals surface area contributed by atoms with Crippen LogP contribution in [-0.2, 0) is 25.5 Å². The van der Waals surface area contributed by atoms with Crippen LogP contribution in [0.3, 0.4) is 0 Å². The maximum Gasteiger partial charge on any atom is 0.248 e. The summed E-state index contributed by atoms with van der Waals surface area (Å²) in [7, 11) is 1.52. The molecule has 3 rings (SSSR count). The number of nitriles is 1. The Morgan fingerprint density at radius 3 is 2.67 bits per heavy atom. The molecule has 11 heteroatoms. The number of aryl methyl sites for hydroxylation is 1. The van der Waals surface area contributed by atoms with E-state index in [1.165, 1.54) is 11.9 Å². The Hall–Kier alpha value is -2.55. The second kappa shape index (κ2) is 10.2. The molecule has 0 aliphatic carbocycles. The molecule has 2 saturated heterocycles. The number of aliphatic hydroxyl groups excluding tert-OH is 1. The zero-order chi connectivity index (χ0) is 24.2. The Morgan fingerprint density at radius 2 is 2.06 bits per heavy atom. The van der Waals surface area contributed by atoms with E-state index in [4.69, 9.17) is 14.7 Å². The SMILES string of the molecule is CNC(=O)[C@H]1CC(O)CN1C(=O)C(n1cc(CCC2(CCC#N)OCCO2)nn1)C(C)(C)C. The normalized spacial score (nSPS) is 23.3. The van der Waals surface area contributed by atoms with Crippen molar-refractivity contribution in [2.24, 2.45) is 5.41 Å². The van der Waals surface area contributed by atoms with Crippen LogP contribution in [0.4, 0.5) is 0 Å². The molecule has 182 valence electrons. The maximum absolute atomic E-state index is 13.6. The van der Waals surface area contributed by atoms with Crippen LogP contribution in [0.1, 0.15) is 58.2 Å². The molecule has 2 unspecified atom stereocenters. The fourth-order valence-electron chi connectivity index (χ4n) is 4.54. The maximum atomic E-state index is 13.6. The molecule has 0 radical (unpaired) electrons. The molecular formula is C22H34N6O5. The van der Waals surface area contributed by atoms with Crippen LogP contribution in [0.15, 0.2) is 6.20 Å². The van der Waals surface area contributed by atoms with Gasteiger partial charge in [-0.05, 0) is 11.8 Å². The first-order valence-electron chi connectivity index (χ1n) is 11.4. The summed E-state index contributed by atoms with van der Waals surface area (Å²) in [6.45, 7) is 6.86. The molecule has 2 amide bonds. The number of amides is 2. The van der Waals surface area contributed by atoms with Crippen LogP contribution in [0, 0.1) is 16.7 Å². The number of hydrogen-bond acceptors (Lipinski definition) is 8. The summed E-state index contributed by atoms with van der Waals surface area (Å²) >= 11 is 0. The monoisotopic (exact) mass is 462 g/mol. The van der Waals surface area contributed by atoms with E-state index in [0.717, 1.165) is 0 Å². The Kier molecular flexibility index (Phi) is 7.72. The van der Waals surface area contributed by atoms with Crippen LogP contribution in [0.2, 0.25) is 0 Å². The third-order valence-corrected chi connectivity index (χ3v) is 6.18. The molecule has 1 aromatic heterocycles. The molecule has 2 fully saturated rings. The van der Waals surface area contributed by atoms with Gasteiger partial charge in [-0.15, -0.1) is 5.10 Å². The number of nitrogens with zero attached hydrogens (tertiary/aromatic N) is 5. The quantitative estimate of drug-likeness (QED) is 0.570. The molecule has 0 aromatic carbocycles. The number of nitrogens with one attached hydrogen (secondary N) is 1. The fourth-order valence-corrected chi connectivity index (χ4v) is 4.54. The molecule has 0 spiro atoms. The van der Waals surface area contributed by atoms with Gasteiger partial charge >= 0.3 is 0 Å². The smallest absolute Gasteiger partial charge is 0.248 e. The lowest BCUT2D eigenvalue weighted by atomic mass is 9.85. The van der Waals surface area contributed by atoms with E-state index in [2.05, 4.69) is 21.7 Å². The second-order valence-electron chi connectivity index (χ2n) is 9.73. The van der Waals surface area contributed by atoms with Crippen molar-refractivity contribution in [3.05, 3.63) is 11.9 Å². The first-order valence-corrected chi connectivity index (χ1v) is 11.4. The number of rotatable bonds is 8. The van der Waals surface area contributed by atoms with E-state index in [-0.39, 0.29) is 24.8 Å². The lowest BCUT2D eigenvalue weighted by Crippen LogP contribution is -2.49. The summed E-state index contributed by atoms with van der Waals surface area (Å²) in [4.78, 5) is 27.3. The summed E-state index contributed by atoms with van der Waals surface area (Å²) < 4.78 is 13.1. The van der Waals surface area contributed by atoms with Gasteiger partial charge in [-0.3, -0.25) is 9.59 Å². The molecule has 2 aliphatic rings. The van der Waals surface area contributed by atoms with E-state index in [1.54, 1.807) is 10.9 Å². The number of carbonyl (C=O) groups is 2. The third kappa shape index (κ3) is 5.69. The van der Waals surface area contributed by atoms with E-state index in [0.29, 0.717) is 44.6 Å². The summed E-state index contributed by atoms with van der Waals surface area (Å²) in [5.74, 6) is -1.37. The van der Waals surface area contributed by atoms with Gasteiger partial charge in [0.2, 0.25) is 11.8 Å². The predicted molar refractivity (Wildman–Crippen MR) is 117 cm³/mol. The molecule has 0 saturated carbocycles. The zero-order valence-electron chi connectivity index (χ0n) is 19.8. The first kappa shape index (κ1) is 25.1. The van der Waals surface area contributed by atoms with Crippen LogP contribution in [-0.4, -0.2) is 81.6 Å². The topological polar surface area (TPSA) is 143 Å². The largest absolute Gasteiger partial charge is 0.391 e. The zero-order valence-corrected chi connectivity index (χ0v) is 19.8. The molecule has 1 aromatic rings. The summed E-state index contributed by atoms with van der Waals surface area (Å²) in [6, 6.07) is 0.704. The van der Waals surface area contributed by atoms with Gasteiger partial charge in [-0.25, -0.2) is 4.68 Å². The van der Waals surface area contributed by atoms with E-state index < -0.39 is 29.4 Å². The average Bonchev–Trinajstić information content (AvgIpc) is 3.50. The van der Waals surface area contributed by atoms with Crippen molar-refractivity contribution >= 4 is 11.8 Å². The lowest BCUT2D eigenvalue weighted by Gasteiger charge is -2.34. The van der Waals surface area contributed by atoms with Crippen molar-refractivity contribution in [2.45, 2.75) is 76.9 Å². The number of aromatic nitrogens is 3. The highest BCUT2D eigenvalue weighted by Gasteiger charge is 2.45. The van der Waals surface area contributed by atoms with Gasteiger partial charge in [-0.1, -0.05) is 26.0 Å². The minimum atomic E-state index is -0.787. The number of likely N-dealkylation sites (tertiary alicyclic amines) is 1. The fraction of sp³-hybridized carbons (Fsp3) is 0.773. The van der Waals surface area contributed by atoms with Crippen molar-refractivity contribution in [1.82, 2.24) is 25.2 Å². The number of aliphatic hydroxyl groups is 1. The molecule has 2 N–H and O–H groups in total. The van der Waals surface area contributed by atoms with Crippen molar-refractivity contribution in [3.8, 4) is 6.07 Å². The van der Waals surface area contributed by atoms with E-state index in [9.17, 15) is 14.7 Å². The van der Waals surface area contributed by atoms with Gasteiger partial charge in [0.25, 0.3) is 0 Å².